The third-order valence-electron chi connectivity index (χ3n) is 4.51. The number of halogens is 5. The zero-order valence-electron chi connectivity index (χ0n) is 16.0. The Morgan fingerprint density at radius 1 is 0.875 bits per heavy atom. The highest BCUT2D eigenvalue weighted by atomic mass is 32.2. The molecule has 164 valence electrons. The van der Waals surface area contributed by atoms with Gasteiger partial charge in [0, 0.05) is 15.8 Å². The highest BCUT2D eigenvalue weighted by molar-refractivity contribution is 7.95. The lowest BCUT2D eigenvalue weighted by Crippen LogP contribution is -2.10. The first-order valence-electron chi connectivity index (χ1n) is 8.85. The maximum absolute atomic E-state index is 13.8. The first-order valence-corrected chi connectivity index (χ1v) is 9.59. The summed E-state index contributed by atoms with van der Waals surface area (Å²) >= 11 is 0.324. The minimum atomic E-state index is -2.29. The average Bonchev–Trinajstić information content (AvgIpc) is 2.82. The van der Waals surface area contributed by atoms with Crippen LogP contribution in [0, 0.1) is 29.1 Å². The lowest BCUT2D eigenvalue weighted by atomic mass is 10.0. The highest BCUT2D eigenvalue weighted by Crippen LogP contribution is 2.36. The van der Waals surface area contributed by atoms with E-state index in [1.54, 1.807) is 24.3 Å². The Morgan fingerprint density at radius 2 is 1.53 bits per heavy atom. The molecule has 1 aromatic heterocycles. The van der Waals surface area contributed by atoms with Crippen LogP contribution in [-0.4, -0.2) is 17.3 Å². The number of hydrogen-bond donors (Lipinski definition) is 1. The van der Waals surface area contributed by atoms with Crippen molar-refractivity contribution in [2.45, 2.75) is 4.90 Å². The highest BCUT2D eigenvalue weighted by Gasteiger charge is 2.27. The van der Waals surface area contributed by atoms with Gasteiger partial charge in [0.25, 0.3) is 5.56 Å². The van der Waals surface area contributed by atoms with Crippen molar-refractivity contribution in [2.75, 3.05) is 7.11 Å². The number of methoxy groups -OCH3 is 1. The van der Waals surface area contributed by atoms with Crippen molar-refractivity contribution in [3.63, 3.8) is 0 Å². The second-order valence-electron chi connectivity index (χ2n) is 6.37. The van der Waals surface area contributed by atoms with Crippen LogP contribution < -0.4 is 14.5 Å². The van der Waals surface area contributed by atoms with Crippen LogP contribution in [0.3, 0.4) is 0 Å². The number of aromatic amines is 1. The molecule has 0 aliphatic rings. The fraction of sp³-hybridized carbons (Fsp3) is 0.0476. The van der Waals surface area contributed by atoms with Gasteiger partial charge in [0.1, 0.15) is 11.4 Å². The van der Waals surface area contributed by atoms with E-state index in [4.69, 9.17) is 8.92 Å². The third-order valence-corrected chi connectivity index (χ3v) is 5.21. The van der Waals surface area contributed by atoms with Gasteiger partial charge in [0.15, 0.2) is 0 Å². The molecule has 32 heavy (non-hydrogen) atoms. The molecule has 0 atom stereocenters. The Morgan fingerprint density at radius 3 is 2.22 bits per heavy atom. The summed E-state index contributed by atoms with van der Waals surface area (Å²) in [6.07, 6.45) is 0. The van der Waals surface area contributed by atoms with Crippen molar-refractivity contribution in [1.82, 2.24) is 10.2 Å². The molecule has 0 saturated carbocycles. The van der Waals surface area contributed by atoms with Gasteiger partial charge in [-0.3, -0.25) is 4.79 Å². The molecule has 1 heterocycles. The molecule has 0 aliphatic carbocycles. The summed E-state index contributed by atoms with van der Waals surface area (Å²) < 4.78 is 77.6. The van der Waals surface area contributed by atoms with Crippen LogP contribution in [0.4, 0.5) is 22.0 Å². The van der Waals surface area contributed by atoms with E-state index in [-0.39, 0.29) is 10.3 Å². The van der Waals surface area contributed by atoms with E-state index in [9.17, 15) is 26.7 Å². The fourth-order valence-corrected chi connectivity index (χ4v) is 3.61. The van der Waals surface area contributed by atoms with Gasteiger partial charge in [0.2, 0.25) is 34.8 Å². The second kappa shape index (κ2) is 8.50. The number of ether oxygens (including phenoxy) is 1. The summed E-state index contributed by atoms with van der Waals surface area (Å²) in [6.45, 7) is 0. The van der Waals surface area contributed by atoms with Crippen molar-refractivity contribution in [3.8, 4) is 22.8 Å². The molecule has 0 spiro atoms. The van der Waals surface area contributed by atoms with E-state index in [2.05, 4.69) is 10.2 Å². The molecular formula is C21H11F5N2O3S. The van der Waals surface area contributed by atoms with Crippen molar-refractivity contribution in [2.24, 2.45) is 0 Å². The maximum Gasteiger partial charge on any atom is 0.272 e. The molecule has 5 nitrogen and oxygen atoms in total. The minimum Gasteiger partial charge on any atom is -0.496 e. The molecule has 4 rings (SSSR count). The zero-order valence-corrected chi connectivity index (χ0v) is 16.8. The molecule has 0 bridgehead atoms. The average molecular weight is 466 g/mol. The number of aromatic nitrogens is 2. The minimum absolute atomic E-state index is 0.159. The topological polar surface area (TPSA) is 64.2 Å². The fourth-order valence-electron chi connectivity index (χ4n) is 2.99. The van der Waals surface area contributed by atoms with Crippen LogP contribution in [0.15, 0.2) is 52.2 Å². The predicted octanol–water partition coefficient (Wildman–Crippen LogP) is 5.38. The molecule has 0 fully saturated rings. The molecule has 0 radical (unpaired) electrons. The first-order chi connectivity index (χ1) is 15.3. The number of rotatable bonds is 5. The summed E-state index contributed by atoms with van der Waals surface area (Å²) in [5, 5.41) is 7.05. The van der Waals surface area contributed by atoms with Gasteiger partial charge >= 0.3 is 0 Å². The Bertz CT molecular complexity index is 1380. The van der Waals surface area contributed by atoms with Crippen LogP contribution >= 0.6 is 12.0 Å². The van der Waals surface area contributed by atoms with Crippen LogP contribution in [0.2, 0.25) is 0 Å². The number of benzene rings is 3. The Hall–Kier alpha value is -3.60. The number of nitrogens with zero attached hydrogens (tertiary/aromatic N) is 1. The van der Waals surface area contributed by atoms with E-state index in [1.165, 1.54) is 25.3 Å². The van der Waals surface area contributed by atoms with Crippen molar-refractivity contribution in [3.05, 3.63) is 81.9 Å². The third kappa shape index (κ3) is 3.64. The molecule has 3 aromatic carbocycles. The van der Waals surface area contributed by atoms with Crippen LogP contribution in [0.25, 0.3) is 22.0 Å². The van der Waals surface area contributed by atoms with E-state index in [0.717, 1.165) is 0 Å². The van der Waals surface area contributed by atoms with Crippen molar-refractivity contribution >= 4 is 22.8 Å². The maximum atomic E-state index is 13.8. The van der Waals surface area contributed by atoms with Crippen LogP contribution in [-0.2, 0) is 0 Å². The van der Waals surface area contributed by atoms with E-state index < -0.39 is 40.4 Å². The second-order valence-corrected chi connectivity index (χ2v) is 7.18. The number of nitrogens with one attached hydrogen (secondary N) is 1. The SMILES string of the molecule is COc1ccccc1-c1n[nH]c(=O)c2cc(SOc3c(F)c(F)c(F)c(F)c3F)ccc12. The van der Waals surface area contributed by atoms with Crippen molar-refractivity contribution < 1.29 is 30.9 Å². The molecular weight excluding hydrogens is 455 g/mol. The number of hydrogen-bond acceptors (Lipinski definition) is 5. The van der Waals surface area contributed by atoms with Gasteiger partial charge in [0.05, 0.1) is 24.5 Å². The summed E-state index contributed by atoms with van der Waals surface area (Å²) in [5.74, 6) is -11.7. The van der Waals surface area contributed by atoms with Gasteiger partial charge in [-0.15, -0.1) is 0 Å². The van der Waals surface area contributed by atoms with Gasteiger partial charge in [-0.1, -0.05) is 18.2 Å². The molecule has 11 heteroatoms. The largest absolute Gasteiger partial charge is 0.496 e. The first kappa shape index (κ1) is 21.6. The molecule has 0 unspecified atom stereocenters. The Balaban J connectivity index is 1.73. The summed E-state index contributed by atoms with van der Waals surface area (Å²) in [5.41, 5.74) is 0.459. The number of fused-ring (bicyclic) bond motifs is 1. The van der Waals surface area contributed by atoms with E-state index in [0.29, 0.717) is 34.4 Å². The molecule has 0 amide bonds. The lowest BCUT2D eigenvalue weighted by molar-refractivity contribution is 0.355. The monoisotopic (exact) mass is 466 g/mol. The molecule has 1 N–H and O–H groups in total. The van der Waals surface area contributed by atoms with Gasteiger partial charge < -0.3 is 8.92 Å². The van der Waals surface area contributed by atoms with E-state index >= 15 is 0 Å². The summed E-state index contributed by atoms with van der Waals surface area (Å²) in [6, 6.07) is 11.3. The normalized spacial score (nSPS) is 11.1. The smallest absolute Gasteiger partial charge is 0.272 e. The predicted molar refractivity (Wildman–Crippen MR) is 107 cm³/mol. The summed E-state index contributed by atoms with van der Waals surface area (Å²) in [4.78, 5) is 12.5. The molecule has 0 saturated heterocycles. The van der Waals surface area contributed by atoms with Crippen LogP contribution in [0.1, 0.15) is 0 Å². The number of para-hydroxylation sites is 1. The van der Waals surface area contributed by atoms with Crippen LogP contribution in [0.5, 0.6) is 11.5 Å². The lowest BCUT2D eigenvalue weighted by Gasteiger charge is -2.11. The molecule has 4 aromatic rings. The van der Waals surface area contributed by atoms with Gasteiger partial charge in [-0.2, -0.15) is 13.9 Å². The van der Waals surface area contributed by atoms with Gasteiger partial charge in [-0.05, 0) is 24.3 Å². The Labute approximate surface area is 181 Å². The van der Waals surface area contributed by atoms with Crippen molar-refractivity contribution in [1.29, 1.82) is 0 Å². The molecule has 0 aliphatic heterocycles. The number of H-pyrrole nitrogens is 1. The quantitative estimate of drug-likeness (QED) is 0.185. The Kier molecular flexibility index (Phi) is 5.74. The zero-order chi connectivity index (χ0) is 23.0. The van der Waals surface area contributed by atoms with Gasteiger partial charge in [-0.25, -0.2) is 18.3 Å². The van der Waals surface area contributed by atoms with E-state index in [1.807, 2.05) is 0 Å². The standard InChI is InChI=1S/C21H11F5N2O3S/c1-30-13-5-3-2-4-11(13)19-10-7-6-9(8-12(10)21(29)28-27-19)32-31-20-17(25)15(23)14(22)16(24)18(20)26/h2-8H,1H3,(H,28,29). The summed E-state index contributed by atoms with van der Waals surface area (Å²) in [7, 11) is 1.48.